The van der Waals surface area contributed by atoms with Crippen molar-refractivity contribution in [2.24, 2.45) is 4.99 Å². The first-order chi connectivity index (χ1) is 21.5. The summed E-state index contributed by atoms with van der Waals surface area (Å²) in [5.41, 5.74) is 12.8. The van der Waals surface area contributed by atoms with Crippen LogP contribution in [-0.2, 0) is 16.6 Å². The molecule has 0 atom stereocenters. The number of aromatic nitrogens is 2. The summed E-state index contributed by atoms with van der Waals surface area (Å²) in [4.78, 5) is 40.6. The van der Waals surface area contributed by atoms with Gasteiger partial charge in [-0.25, -0.2) is 23.1 Å². The van der Waals surface area contributed by atoms with Crippen LogP contribution in [0.1, 0.15) is 44.9 Å². The number of carbonyl (C=O) groups excluding carboxylic acids is 2. The lowest BCUT2D eigenvalue weighted by Gasteiger charge is -2.39. The summed E-state index contributed by atoms with van der Waals surface area (Å²) in [5, 5.41) is 7.53. The van der Waals surface area contributed by atoms with Crippen molar-refractivity contribution in [3.8, 4) is 0 Å². The Hall–Kier alpha value is -5.08. The molecule has 4 aromatic rings. The van der Waals surface area contributed by atoms with Crippen LogP contribution in [0, 0.1) is 6.92 Å². The lowest BCUT2D eigenvalue weighted by Crippen LogP contribution is -2.57. The van der Waals surface area contributed by atoms with E-state index >= 15 is 0 Å². The number of anilines is 2. The van der Waals surface area contributed by atoms with E-state index in [2.05, 4.69) is 30.3 Å². The average Bonchev–Trinajstić information content (AvgIpc) is 3.43. The van der Waals surface area contributed by atoms with Crippen molar-refractivity contribution < 1.29 is 18.0 Å². The second-order valence-electron chi connectivity index (χ2n) is 11.2. The van der Waals surface area contributed by atoms with Crippen molar-refractivity contribution in [2.45, 2.75) is 36.7 Å². The van der Waals surface area contributed by atoms with Gasteiger partial charge in [0.15, 0.2) is 17.5 Å². The van der Waals surface area contributed by atoms with E-state index in [1.165, 1.54) is 0 Å². The van der Waals surface area contributed by atoms with E-state index in [4.69, 9.17) is 11.5 Å². The number of nitrogens with two attached hydrogens (primary N) is 2. The molecule has 0 radical (unpaired) electrons. The molecular weight excluding hydrogens is 594 g/mol. The van der Waals surface area contributed by atoms with E-state index in [0.29, 0.717) is 55.1 Å². The molecule has 3 heterocycles. The third-order valence-corrected chi connectivity index (χ3v) is 9.68. The second-order valence-corrected chi connectivity index (χ2v) is 13.0. The van der Waals surface area contributed by atoms with Gasteiger partial charge in [-0.1, -0.05) is 48.5 Å². The van der Waals surface area contributed by atoms with Gasteiger partial charge in [0.1, 0.15) is 5.82 Å². The molecule has 1 saturated heterocycles. The van der Waals surface area contributed by atoms with E-state index in [1.807, 2.05) is 24.3 Å². The van der Waals surface area contributed by atoms with Gasteiger partial charge in [-0.15, -0.1) is 0 Å². The number of rotatable bonds is 6. The lowest BCUT2D eigenvalue weighted by molar-refractivity contribution is 0.0668. The minimum atomic E-state index is -3.75. The van der Waals surface area contributed by atoms with E-state index in [9.17, 15) is 18.0 Å². The number of guanidine groups is 1. The zero-order valence-corrected chi connectivity index (χ0v) is 25.4. The first-order valence-corrected chi connectivity index (χ1v) is 15.9. The predicted octanol–water partition coefficient (Wildman–Crippen LogP) is 1.95. The van der Waals surface area contributed by atoms with Gasteiger partial charge < -0.3 is 21.7 Å². The number of aliphatic imine (C=N–C) groups is 1. The lowest BCUT2D eigenvalue weighted by atomic mass is 9.88. The second kappa shape index (κ2) is 11.8. The highest BCUT2D eigenvalue weighted by molar-refractivity contribution is 7.89. The minimum absolute atomic E-state index is 0.0270. The topological polar surface area (TPSA) is 198 Å². The van der Waals surface area contributed by atoms with Crippen LogP contribution in [0.2, 0.25) is 0 Å². The molecule has 1 aromatic heterocycles. The van der Waals surface area contributed by atoms with Gasteiger partial charge >= 0.3 is 0 Å². The Morgan fingerprint density at radius 2 is 1.67 bits per heavy atom. The normalized spacial score (nSPS) is 15.9. The number of hydrogen-bond acceptors (Lipinski definition) is 10. The van der Waals surface area contributed by atoms with Crippen molar-refractivity contribution in [1.29, 1.82) is 0 Å². The standard InChI is InChI=1S/C31H33N9O4S/c1-19-26(32)37-27(33)25(36-19)28(41)38-30-34-18-31(39-30)13-15-40(16-14-31)29(42)22-11-9-20(10-12-22)17-35-45(43,44)24-8-4-6-21-5-2-3-7-23(21)24/h2-12,35H,13-18H2,1H3,(H4,32,33,37)(H2,34,38,39,41). The maximum absolute atomic E-state index is 13.3. The van der Waals surface area contributed by atoms with Crippen LogP contribution in [-0.4, -0.2) is 66.2 Å². The summed E-state index contributed by atoms with van der Waals surface area (Å²) in [6.07, 6.45) is 1.27. The van der Waals surface area contributed by atoms with Crippen LogP contribution in [0.3, 0.4) is 0 Å². The molecule has 2 aliphatic heterocycles. The number of amides is 2. The fraction of sp³-hybridized carbons (Fsp3) is 0.258. The third-order valence-electron chi connectivity index (χ3n) is 8.22. The van der Waals surface area contributed by atoms with Gasteiger partial charge in [-0.05, 0) is 48.9 Å². The third kappa shape index (κ3) is 6.14. The molecule has 1 fully saturated rings. The molecule has 14 heteroatoms. The minimum Gasteiger partial charge on any atom is -0.382 e. The molecule has 2 amide bonds. The maximum atomic E-state index is 13.3. The molecule has 2 aliphatic rings. The highest BCUT2D eigenvalue weighted by atomic mass is 32.2. The Morgan fingerprint density at radius 1 is 0.956 bits per heavy atom. The van der Waals surface area contributed by atoms with Crippen LogP contribution >= 0.6 is 0 Å². The smallest absolute Gasteiger partial charge is 0.280 e. The van der Waals surface area contributed by atoms with Gasteiger partial charge in [0, 0.05) is 30.6 Å². The molecule has 6 rings (SSSR count). The first kappa shape index (κ1) is 30.0. The molecule has 45 heavy (non-hydrogen) atoms. The highest BCUT2D eigenvalue weighted by Gasteiger charge is 2.40. The number of piperidine rings is 1. The summed E-state index contributed by atoms with van der Waals surface area (Å²) < 4.78 is 28.8. The summed E-state index contributed by atoms with van der Waals surface area (Å²) in [5.74, 6) is -0.221. The Kier molecular flexibility index (Phi) is 7.85. The Morgan fingerprint density at radius 3 is 2.42 bits per heavy atom. The number of carbonyl (C=O) groups is 2. The zero-order valence-electron chi connectivity index (χ0n) is 24.6. The Labute approximate surface area is 260 Å². The van der Waals surface area contributed by atoms with Gasteiger partial charge in [0.25, 0.3) is 11.8 Å². The number of sulfonamides is 1. The molecule has 0 saturated carbocycles. The summed E-state index contributed by atoms with van der Waals surface area (Å²) >= 11 is 0. The van der Waals surface area contributed by atoms with Crippen molar-refractivity contribution >= 4 is 50.2 Å². The van der Waals surface area contributed by atoms with Gasteiger partial charge in [-0.2, -0.15) is 0 Å². The average molecular weight is 628 g/mol. The Bertz CT molecular complexity index is 1930. The fourth-order valence-electron chi connectivity index (χ4n) is 5.57. The number of likely N-dealkylation sites (tertiary alicyclic amines) is 1. The number of benzene rings is 3. The van der Waals surface area contributed by atoms with Gasteiger partial charge in [0.05, 0.1) is 22.7 Å². The zero-order chi connectivity index (χ0) is 31.8. The number of nitrogen functional groups attached to an aromatic ring is 2. The van der Waals surface area contributed by atoms with Crippen LogP contribution in [0.25, 0.3) is 10.8 Å². The first-order valence-electron chi connectivity index (χ1n) is 14.4. The summed E-state index contributed by atoms with van der Waals surface area (Å²) in [7, 11) is -3.75. The number of hydrogen-bond donors (Lipinski definition) is 5. The van der Waals surface area contributed by atoms with Crippen LogP contribution in [0.5, 0.6) is 0 Å². The van der Waals surface area contributed by atoms with Crippen molar-refractivity contribution in [3.05, 3.63) is 89.2 Å². The van der Waals surface area contributed by atoms with Crippen molar-refractivity contribution in [3.63, 3.8) is 0 Å². The number of nitrogens with one attached hydrogen (secondary N) is 3. The van der Waals surface area contributed by atoms with Crippen LogP contribution in [0.4, 0.5) is 11.6 Å². The maximum Gasteiger partial charge on any atom is 0.280 e. The van der Waals surface area contributed by atoms with Gasteiger partial charge in [0.2, 0.25) is 10.0 Å². The predicted molar refractivity (Wildman–Crippen MR) is 171 cm³/mol. The van der Waals surface area contributed by atoms with E-state index in [-0.39, 0.29) is 40.2 Å². The molecule has 1 spiro atoms. The molecule has 7 N–H and O–H groups in total. The molecule has 0 unspecified atom stereocenters. The molecule has 13 nitrogen and oxygen atoms in total. The molecule has 232 valence electrons. The fourth-order valence-corrected chi connectivity index (χ4v) is 6.81. The monoisotopic (exact) mass is 627 g/mol. The summed E-state index contributed by atoms with van der Waals surface area (Å²) in [6, 6.07) is 19.5. The number of nitrogens with zero attached hydrogens (tertiary/aromatic N) is 4. The molecule has 0 aliphatic carbocycles. The van der Waals surface area contributed by atoms with Crippen LogP contribution < -0.4 is 26.8 Å². The van der Waals surface area contributed by atoms with E-state index in [0.717, 1.165) is 10.9 Å². The number of aryl methyl sites for hydroxylation is 1. The SMILES string of the molecule is Cc1nc(C(=O)NC2=NCC3(CCN(C(=O)c4ccc(CNS(=O)(=O)c5cccc6ccccc56)cc4)CC3)N2)c(N)nc1N. The highest BCUT2D eigenvalue weighted by Crippen LogP contribution is 2.27. The van der Waals surface area contributed by atoms with E-state index < -0.39 is 15.9 Å². The van der Waals surface area contributed by atoms with E-state index in [1.54, 1.807) is 54.3 Å². The molecule has 0 bridgehead atoms. The Balaban J connectivity index is 1.01. The van der Waals surface area contributed by atoms with Crippen LogP contribution in [0.15, 0.2) is 76.6 Å². The number of fused-ring (bicyclic) bond motifs is 1. The summed E-state index contributed by atoms with van der Waals surface area (Å²) in [6.45, 7) is 3.19. The molecular formula is C31H33N9O4S. The van der Waals surface area contributed by atoms with Crippen molar-refractivity contribution in [1.82, 2.24) is 30.2 Å². The largest absolute Gasteiger partial charge is 0.382 e. The van der Waals surface area contributed by atoms with Crippen molar-refractivity contribution in [2.75, 3.05) is 31.1 Å². The van der Waals surface area contributed by atoms with Gasteiger partial charge in [-0.3, -0.25) is 19.9 Å². The molecule has 3 aromatic carbocycles. The quantitative estimate of drug-likeness (QED) is 0.212.